The Hall–Kier alpha value is -0.790. The lowest BCUT2D eigenvalue weighted by atomic mass is 9.48. The van der Waals surface area contributed by atoms with Gasteiger partial charge in [-0.25, -0.2) is 4.79 Å². The molecule has 0 N–H and O–H groups in total. The van der Waals surface area contributed by atoms with Crippen LogP contribution in [0, 0.1) is 23.2 Å². The first kappa shape index (κ1) is 11.3. The molecular weight excluding hydrogens is 212 g/mol. The molecule has 0 aromatic carbocycles. The molecule has 4 aliphatic rings. The summed E-state index contributed by atoms with van der Waals surface area (Å²) in [7, 11) is 1.46. The fourth-order valence-corrected chi connectivity index (χ4v) is 4.98. The number of allylic oxidation sites excluding steroid dienone is 1. The molecule has 0 spiro atoms. The van der Waals surface area contributed by atoms with Gasteiger partial charge >= 0.3 is 5.97 Å². The van der Waals surface area contributed by atoms with Crippen molar-refractivity contribution in [2.45, 2.75) is 45.4 Å². The number of hydrogen-bond acceptors (Lipinski definition) is 2. The van der Waals surface area contributed by atoms with Crippen LogP contribution in [0.3, 0.4) is 0 Å². The Balaban J connectivity index is 1.86. The highest BCUT2D eigenvalue weighted by molar-refractivity contribution is 5.82. The summed E-state index contributed by atoms with van der Waals surface area (Å²) < 4.78 is 4.77. The van der Waals surface area contributed by atoms with Gasteiger partial charge in [0.05, 0.1) is 7.11 Å². The smallest absolute Gasteiger partial charge is 0.330 e. The first-order valence-electron chi connectivity index (χ1n) is 6.88. The summed E-state index contributed by atoms with van der Waals surface area (Å²) in [5.74, 6) is 2.62. The molecule has 0 saturated heterocycles. The van der Waals surface area contributed by atoms with Crippen molar-refractivity contribution in [2.75, 3.05) is 7.11 Å². The zero-order chi connectivity index (χ0) is 12.0. The van der Waals surface area contributed by atoms with Crippen LogP contribution in [0.4, 0.5) is 0 Å². The van der Waals surface area contributed by atoms with Crippen LogP contribution >= 0.6 is 0 Å². The van der Waals surface area contributed by atoms with Gasteiger partial charge in [-0.05, 0) is 68.6 Å². The Bertz CT molecular complexity index is 332. The SMILES string of the molecule is COC(=O)/C=C(/C)C12CC3CC(CC(C3)C1)C2. The van der Waals surface area contributed by atoms with E-state index in [0.29, 0.717) is 5.41 Å². The fraction of sp³-hybridized carbons (Fsp3) is 0.800. The Labute approximate surface area is 103 Å². The first-order chi connectivity index (χ1) is 8.11. The summed E-state index contributed by atoms with van der Waals surface area (Å²) in [4.78, 5) is 11.4. The molecule has 0 amide bonds. The van der Waals surface area contributed by atoms with Gasteiger partial charge in [-0.15, -0.1) is 0 Å². The van der Waals surface area contributed by atoms with Crippen LogP contribution in [0.25, 0.3) is 0 Å². The third-order valence-electron chi connectivity index (χ3n) is 5.41. The topological polar surface area (TPSA) is 26.3 Å². The Morgan fingerprint density at radius 3 is 2.00 bits per heavy atom. The van der Waals surface area contributed by atoms with Crippen LogP contribution in [0.15, 0.2) is 11.6 Å². The Morgan fingerprint density at radius 2 is 1.59 bits per heavy atom. The van der Waals surface area contributed by atoms with E-state index in [1.165, 1.54) is 51.2 Å². The summed E-state index contributed by atoms with van der Waals surface area (Å²) >= 11 is 0. The number of esters is 1. The second-order valence-corrected chi connectivity index (χ2v) is 6.55. The molecule has 0 radical (unpaired) electrons. The highest BCUT2D eigenvalue weighted by Crippen LogP contribution is 2.62. The first-order valence-corrected chi connectivity index (χ1v) is 6.88. The van der Waals surface area contributed by atoms with Crippen molar-refractivity contribution in [3.8, 4) is 0 Å². The Kier molecular flexibility index (Phi) is 2.57. The van der Waals surface area contributed by atoms with E-state index in [1.54, 1.807) is 6.08 Å². The lowest BCUT2D eigenvalue weighted by Crippen LogP contribution is -2.46. The van der Waals surface area contributed by atoms with Crippen molar-refractivity contribution in [1.82, 2.24) is 0 Å². The van der Waals surface area contributed by atoms with Crippen LogP contribution < -0.4 is 0 Å². The van der Waals surface area contributed by atoms with Crippen LogP contribution in [-0.2, 0) is 9.53 Å². The molecule has 0 heterocycles. The molecule has 4 bridgehead atoms. The van der Waals surface area contributed by atoms with E-state index in [4.69, 9.17) is 4.74 Å². The molecule has 4 saturated carbocycles. The lowest BCUT2D eigenvalue weighted by molar-refractivity contribution is -0.135. The van der Waals surface area contributed by atoms with Gasteiger partial charge in [0, 0.05) is 6.08 Å². The van der Waals surface area contributed by atoms with E-state index >= 15 is 0 Å². The predicted octanol–water partition coefficient (Wildman–Crippen LogP) is 3.32. The number of ether oxygens (including phenoxy) is 1. The fourth-order valence-electron chi connectivity index (χ4n) is 4.98. The van der Waals surface area contributed by atoms with Gasteiger partial charge in [-0.2, -0.15) is 0 Å². The zero-order valence-corrected chi connectivity index (χ0v) is 10.9. The van der Waals surface area contributed by atoms with Crippen molar-refractivity contribution in [3.63, 3.8) is 0 Å². The summed E-state index contributed by atoms with van der Waals surface area (Å²) in [5, 5.41) is 0. The van der Waals surface area contributed by atoms with E-state index in [1.807, 2.05) is 0 Å². The molecule has 0 atom stereocenters. The highest BCUT2D eigenvalue weighted by Gasteiger charge is 2.51. The zero-order valence-electron chi connectivity index (χ0n) is 10.9. The molecule has 2 nitrogen and oxygen atoms in total. The minimum absolute atomic E-state index is 0.182. The quantitative estimate of drug-likeness (QED) is 0.541. The summed E-state index contributed by atoms with van der Waals surface area (Å²) in [6.07, 6.45) is 10.0. The van der Waals surface area contributed by atoms with E-state index in [-0.39, 0.29) is 5.97 Å². The van der Waals surface area contributed by atoms with Crippen molar-refractivity contribution < 1.29 is 9.53 Å². The van der Waals surface area contributed by atoms with Crippen LogP contribution in [0.2, 0.25) is 0 Å². The number of carbonyl (C=O) groups is 1. The van der Waals surface area contributed by atoms with Crippen molar-refractivity contribution >= 4 is 5.97 Å². The molecule has 17 heavy (non-hydrogen) atoms. The van der Waals surface area contributed by atoms with Crippen LogP contribution in [0.1, 0.15) is 45.4 Å². The predicted molar refractivity (Wildman–Crippen MR) is 66.4 cm³/mol. The maximum atomic E-state index is 11.4. The molecule has 0 aliphatic heterocycles. The van der Waals surface area contributed by atoms with Crippen molar-refractivity contribution in [2.24, 2.45) is 23.2 Å². The standard InChI is InChI=1S/C15H22O2/c1-10(3-14(16)17-2)15-7-11-4-12(8-15)6-13(5-11)9-15/h3,11-13H,4-9H2,1-2H3/b10-3-. The third kappa shape index (κ3) is 1.82. The molecule has 4 aliphatic carbocycles. The average Bonchev–Trinajstić information content (AvgIpc) is 2.26. The number of methoxy groups -OCH3 is 1. The number of carbonyl (C=O) groups excluding carboxylic acids is 1. The molecule has 4 fully saturated rings. The maximum absolute atomic E-state index is 11.4. The van der Waals surface area contributed by atoms with Gasteiger partial charge in [0.1, 0.15) is 0 Å². The van der Waals surface area contributed by atoms with E-state index in [9.17, 15) is 4.79 Å². The summed E-state index contributed by atoms with van der Waals surface area (Å²) in [6.45, 7) is 2.14. The van der Waals surface area contributed by atoms with E-state index in [0.717, 1.165) is 17.8 Å². The molecule has 2 heteroatoms. The second kappa shape index (κ2) is 3.86. The number of hydrogen-bond donors (Lipinski definition) is 0. The minimum Gasteiger partial charge on any atom is -0.466 e. The van der Waals surface area contributed by atoms with Crippen LogP contribution in [-0.4, -0.2) is 13.1 Å². The maximum Gasteiger partial charge on any atom is 0.330 e. The summed E-state index contributed by atoms with van der Waals surface area (Å²) in [5.41, 5.74) is 1.63. The van der Waals surface area contributed by atoms with E-state index < -0.39 is 0 Å². The Morgan fingerprint density at radius 1 is 1.12 bits per heavy atom. The largest absolute Gasteiger partial charge is 0.466 e. The third-order valence-corrected chi connectivity index (χ3v) is 5.41. The molecule has 0 unspecified atom stereocenters. The van der Waals surface area contributed by atoms with Gasteiger partial charge in [-0.3, -0.25) is 0 Å². The van der Waals surface area contributed by atoms with E-state index in [2.05, 4.69) is 6.92 Å². The molecule has 0 aromatic heterocycles. The second-order valence-electron chi connectivity index (χ2n) is 6.55. The van der Waals surface area contributed by atoms with Crippen LogP contribution in [0.5, 0.6) is 0 Å². The monoisotopic (exact) mass is 234 g/mol. The molecule has 0 aromatic rings. The summed E-state index contributed by atoms with van der Waals surface area (Å²) in [6, 6.07) is 0. The molecule has 4 rings (SSSR count). The average molecular weight is 234 g/mol. The molecule has 94 valence electrons. The van der Waals surface area contributed by atoms with Gasteiger partial charge in [0.15, 0.2) is 0 Å². The van der Waals surface area contributed by atoms with Crippen molar-refractivity contribution in [3.05, 3.63) is 11.6 Å². The molecular formula is C15H22O2. The van der Waals surface area contributed by atoms with Gasteiger partial charge in [0.2, 0.25) is 0 Å². The minimum atomic E-state index is -0.182. The number of rotatable bonds is 2. The normalized spacial score (nSPS) is 43.9. The lowest BCUT2D eigenvalue weighted by Gasteiger charge is -2.57. The van der Waals surface area contributed by atoms with Gasteiger partial charge in [-0.1, -0.05) is 5.57 Å². The van der Waals surface area contributed by atoms with Gasteiger partial charge < -0.3 is 4.74 Å². The van der Waals surface area contributed by atoms with Crippen molar-refractivity contribution in [1.29, 1.82) is 0 Å². The van der Waals surface area contributed by atoms with Gasteiger partial charge in [0.25, 0.3) is 0 Å². The highest BCUT2D eigenvalue weighted by atomic mass is 16.5.